The maximum Gasteiger partial charge on any atom is 0.416 e. The number of alkyl halides is 3. The summed E-state index contributed by atoms with van der Waals surface area (Å²) < 4.78 is 48.3. The summed E-state index contributed by atoms with van der Waals surface area (Å²) in [6.07, 6.45) is 1.01. The first-order chi connectivity index (χ1) is 16.8. The Bertz CT molecular complexity index is 1290. The van der Waals surface area contributed by atoms with Crippen LogP contribution in [-0.4, -0.2) is 62.3 Å². The number of likely N-dealkylation sites (tertiary alicyclic amines) is 1. The van der Waals surface area contributed by atoms with Gasteiger partial charge < -0.3 is 14.2 Å². The van der Waals surface area contributed by atoms with Crippen molar-refractivity contribution in [2.75, 3.05) is 20.1 Å². The Hall–Kier alpha value is -3.43. The maximum atomic E-state index is 13.0. The summed E-state index contributed by atoms with van der Waals surface area (Å²) >= 11 is 0. The third-order valence-electron chi connectivity index (χ3n) is 6.15. The molecular formula is C26H31F3N5O2+. The van der Waals surface area contributed by atoms with Crippen molar-refractivity contribution in [1.82, 2.24) is 19.7 Å². The fraction of sp³-hybridized carbons (Fsp3) is 0.462. The molecule has 1 amide bonds. The van der Waals surface area contributed by atoms with Crippen molar-refractivity contribution in [3.05, 3.63) is 42.1 Å². The fourth-order valence-electron chi connectivity index (χ4n) is 4.48. The first kappa shape index (κ1) is 25.7. The number of aryl methyl sites for hydroxylation is 1. The molecule has 192 valence electrons. The van der Waals surface area contributed by atoms with Gasteiger partial charge in [0.05, 0.1) is 23.9 Å². The smallest absolute Gasteiger partial charge is 0.416 e. The molecule has 3 aromatic rings. The van der Waals surface area contributed by atoms with Gasteiger partial charge in [0.1, 0.15) is 16.8 Å². The topological polar surface area (TPSA) is 63.3 Å². The van der Waals surface area contributed by atoms with Crippen LogP contribution in [0.1, 0.15) is 39.2 Å². The monoisotopic (exact) mass is 502 g/mol. The number of nitrogens with zero attached hydrogens (tertiary/aromatic N) is 5. The molecule has 7 nitrogen and oxygen atoms in total. The van der Waals surface area contributed by atoms with E-state index < -0.39 is 17.3 Å². The number of piperidine rings is 1. The van der Waals surface area contributed by atoms with E-state index in [9.17, 15) is 18.0 Å². The van der Waals surface area contributed by atoms with Gasteiger partial charge in [-0.3, -0.25) is 0 Å². The molecule has 1 aromatic carbocycles. The van der Waals surface area contributed by atoms with Crippen LogP contribution in [0.5, 0.6) is 0 Å². The van der Waals surface area contributed by atoms with Gasteiger partial charge in [-0.25, -0.2) is 9.37 Å². The van der Waals surface area contributed by atoms with E-state index in [0.717, 1.165) is 35.9 Å². The number of rotatable bonds is 3. The molecule has 1 aliphatic heterocycles. The number of hydrogen-bond donors (Lipinski definition) is 0. The SMILES string of the molecule is Cn1ccc2c(-c3ccc(C(F)(F)F)cc3)nnc(/[N+](C)=C\C3CCCN(C(=O)OC(C)(C)C)C3)c21. The minimum absolute atomic E-state index is 0.114. The van der Waals surface area contributed by atoms with Crippen LogP contribution in [0.2, 0.25) is 0 Å². The van der Waals surface area contributed by atoms with E-state index in [2.05, 4.69) is 10.2 Å². The van der Waals surface area contributed by atoms with Crippen LogP contribution in [-0.2, 0) is 18.0 Å². The van der Waals surface area contributed by atoms with Crippen molar-refractivity contribution in [3.63, 3.8) is 0 Å². The van der Waals surface area contributed by atoms with Gasteiger partial charge in [0.15, 0.2) is 0 Å². The number of amides is 1. The van der Waals surface area contributed by atoms with Gasteiger partial charge in [-0.15, -0.1) is 0 Å². The molecule has 1 saturated heterocycles. The Kier molecular flexibility index (Phi) is 6.81. The van der Waals surface area contributed by atoms with Crippen LogP contribution in [0.4, 0.5) is 23.8 Å². The molecule has 0 saturated carbocycles. The Morgan fingerprint density at radius 1 is 1.14 bits per heavy atom. The number of aromatic nitrogens is 3. The second-order valence-electron chi connectivity index (χ2n) is 10.2. The summed E-state index contributed by atoms with van der Waals surface area (Å²) in [5.74, 6) is 0.741. The van der Waals surface area contributed by atoms with Crippen LogP contribution >= 0.6 is 0 Å². The fourth-order valence-corrected chi connectivity index (χ4v) is 4.48. The number of hydrogen-bond acceptors (Lipinski definition) is 4. The molecule has 10 heteroatoms. The first-order valence-corrected chi connectivity index (χ1v) is 11.9. The molecule has 2 aromatic heterocycles. The highest BCUT2D eigenvalue weighted by molar-refractivity contribution is 5.97. The van der Waals surface area contributed by atoms with Gasteiger partial charge in [-0.05, 0) is 56.9 Å². The summed E-state index contributed by atoms with van der Waals surface area (Å²) in [6.45, 7) is 6.76. The molecule has 4 rings (SSSR count). The van der Waals surface area contributed by atoms with E-state index >= 15 is 0 Å². The standard InChI is InChI=1S/C26H31F3N5O2/c1-25(2,3)36-24(35)34-13-6-7-17(16-34)15-33(5)23-22-20(12-14-32(22)4)21(30-31-23)18-8-10-19(11-9-18)26(27,28)29/h8-12,14-15,17H,6-7,13,16H2,1-5H3/q+1/b33-15-. The summed E-state index contributed by atoms with van der Waals surface area (Å²) in [5.41, 5.74) is 0.642. The number of fused-ring (bicyclic) bond motifs is 1. The molecule has 1 atom stereocenters. The molecule has 1 fully saturated rings. The first-order valence-electron chi connectivity index (χ1n) is 11.9. The number of halogens is 3. The molecule has 0 radical (unpaired) electrons. The molecule has 0 bridgehead atoms. The Labute approximate surface area is 208 Å². The lowest BCUT2D eigenvalue weighted by Gasteiger charge is -2.32. The van der Waals surface area contributed by atoms with Crippen molar-refractivity contribution >= 4 is 29.0 Å². The highest BCUT2D eigenvalue weighted by Crippen LogP contribution is 2.34. The van der Waals surface area contributed by atoms with Gasteiger partial charge in [0.2, 0.25) is 0 Å². The zero-order valence-corrected chi connectivity index (χ0v) is 21.1. The molecular weight excluding hydrogens is 471 g/mol. The molecule has 3 heterocycles. The Balaban J connectivity index is 1.62. The maximum absolute atomic E-state index is 13.0. The lowest BCUT2D eigenvalue weighted by Crippen LogP contribution is -2.43. The van der Waals surface area contributed by atoms with Gasteiger partial charge in [-0.1, -0.05) is 12.1 Å². The van der Waals surface area contributed by atoms with E-state index in [4.69, 9.17) is 4.74 Å². The Morgan fingerprint density at radius 2 is 1.83 bits per heavy atom. The van der Waals surface area contributed by atoms with Crippen molar-refractivity contribution in [3.8, 4) is 11.3 Å². The van der Waals surface area contributed by atoms with E-state index in [-0.39, 0.29) is 12.0 Å². The Morgan fingerprint density at radius 3 is 2.47 bits per heavy atom. The third-order valence-corrected chi connectivity index (χ3v) is 6.15. The summed E-state index contributed by atoms with van der Waals surface area (Å²) in [4.78, 5) is 14.3. The molecule has 36 heavy (non-hydrogen) atoms. The quantitative estimate of drug-likeness (QED) is 0.343. The molecule has 0 N–H and O–H groups in total. The largest absolute Gasteiger partial charge is 0.444 e. The highest BCUT2D eigenvalue weighted by atomic mass is 19.4. The van der Waals surface area contributed by atoms with Crippen LogP contribution in [0.15, 0.2) is 36.5 Å². The molecule has 0 spiro atoms. The summed E-state index contributed by atoms with van der Waals surface area (Å²) in [6, 6.07) is 6.83. The minimum atomic E-state index is -4.40. The van der Waals surface area contributed by atoms with Crippen LogP contribution in [0.3, 0.4) is 0 Å². The second-order valence-corrected chi connectivity index (χ2v) is 10.2. The average Bonchev–Trinajstić information content (AvgIpc) is 3.19. The lowest BCUT2D eigenvalue weighted by molar-refractivity contribution is -0.406. The molecule has 1 unspecified atom stereocenters. The van der Waals surface area contributed by atoms with E-state index in [1.807, 2.05) is 62.5 Å². The highest BCUT2D eigenvalue weighted by Gasteiger charge is 2.31. The predicted molar refractivity (Wildman–Crippen MR) is 131 cm³/mol. The number of carbonyl (C=O) groups excluding carboxylic acids is 1. The van der Waals surface area contributed by atoms with E-state index in [1.165, 1.54) is 12.1 Å². The van der Waals surface area contributed by atoms with E-state index in [1.54, 1.807) is 4.90 Å². The van der Waals surface area contributed by atoms with Gasteiger partial charge in [0, 0.05) is 43.2 Å². The number of ether oxygens (including phenoxy) is 1. The van der Waals surface area contributed by atoms with Gasteiger partial charge in [0.25, 0.3) is 0 Å². The minimum Gasteiger partial charge on any atom is -0.444 e. The lowest BCUT2D eigenvalue weighted by atomic mass is 9.99. The van der Waals surface area contributed by atoms with Crippen LogP contribution in [0, 0.1) is 5.92 Å². The molecule has 1 aliphatic rings. The van der Waals surface area contributed by atoms with Crippen molar-refractivity contribution in [2.24, 2.45) is 13.0 Å². The van der Waals surface area contributed by atoms with Crippen molar-refractivity contribution < 1.29 is 27.3 Å². The number of benzene rings is 1. The average molecular weight is 503 g/mol. The second kappa shape index (κ2) is 9.55. The third kappa shape index (κ3) is 5.52. The zero-order chi connectivity index (χ0) is 26.3. The van der Waals surface area contributed by atoms with Crippen molar-refractivity contribution in [2.45, 2.75) is 45.4 Å². The number of carbonyl (C=O) groups is 1. The van der Waals surface area contributed by atoms with Gasteiger partial charge >= 0.3 is 18.1 Å². The van der Waals surface area contributed by atoms with Crippen LogP contribution in [0.25, 0.3) is 22.2 Å². The summed E-state index contributed by atoms with van der Waals surface area (Å²) in [5, 5.41) is 9.63. The predicted octanol–water partition coefficient (Wildman–Crippen LogP) is 5.65. The zero-order valence-electron chi connectivity index (χ0n) is 21.1. The van der Waals surface area contributed by atoms with Crippen molar-refractivity contribution in [1.29, 1.82) is 0 Å². The normalized spacial score (nSPS) is 17.5. The van der Waals surface area contributed by atoms with E-state index in [0.29, 0.717) is 30.2 Å². The van der Waals surface area contributed by atoms with Crippen LogP contribution < -0.4 is 0 Å². The summed E-state index contributed by atoms with van der Waals surface area (Å²) in [7, 11) is 3.78. The van der Waals surface area contributed by atoms with Gasteiger partial charge in [-0.2, -0.15) is 13.2 Å². The molecule has 0 aliphatic carbocycles.